The quantitative estimate of drug-likeness (QED) is 0.277. The fourth-order valence-electron chi connectivity index (χ4n) is 0.156. The van der Waals surface area contributed by atoms with Gasteiger partial charge in [-0.15, -0.1) is 0 Å². The first-order valence-corrected chi connectivity index (χ1v) is 2.82. The number of carbonyl (C=O) groups is 2. The first kappa shape index (κ1) is 8.85. The van der Waals surface area contributed by atoms with Crippen LogP contribution in [0.15, 0.2) is 0 Å². The molecular formula is C5H3O4S-. The third kappa shape index (κ3) is 5.00. The van der Waals surface area contributed by atoms with E-state index < -0.39 is 11.9 Å². The van der Waals surface area contributed by atoms with Gasteiger partial charge in [0.15, 0.2) is 0 Å². The number of carboxylic acids is 1. The molecule has 0 unspecified atom stereocenters. The maximum atomic E-state index is 10.2. The van der Waals surface area contributed by atoms with Gasteiger partial charge in [0, 0.05) is 0 Å². The van der Waals surface area contributed by atoms with Crippen molar-refractivity contribution in [3.05, 3.63) is 0 Å². The Kier molecular flexibility index (Phi) is 4.16. The van der Waals surface area contributed by atoms with Gasteiger partial charge in [-0.2, -0.15) is 12.6 Å². The molecule has 5 heteroatoms. The molecule has 0 aliphatic heterocycles. The lowest BCUT2D eigenvalue weighted by Gasteiger charge is -1.87. The minimum atomic E-state index is -1.59. The Bertz CT molecular complexity index is 199. The normalized spacial score (nSPS) is 7.30. The van der Waals surface area contributed by atoms with Crippen LogP contribution in [0, 0.1) is 12.0 Å². The van der Waals surface area contributed by atoms with E-state index in [1.54, 1.807) is 6.11 Å². The van der Waals surface area contributed by atoms with Crippen molar-refractivity contribution in [2.45, 2.75) is 0 Å². The zero-order valence-corrected chi connectivity index (χ0v) is 5.68. The van der Waals surface area contributed by atoms with Crippen LogP contribution in [0.25, 0.3) is 0 Å². The Morgan fingerprint density at radius 1 is 1.60 bits per heavy atom. The second-order valence-corrected chi connectivity index (χ2v) is 1.46. The lowest BCUT2D eigenvalue weighted by molar-refractivity contribution is -0.295. The van der Waals surface area contributed by atoms with Crippen LogP contribution in [0.5, 0.6) is 0 Å². The maximum absolute atomic E-state index is 10.2. The van der Waals surface area contributed by atoms with Gasteiger partial charge in [-0.05, 0) is 5.92 Å². The third-order valence-electron chi connectivity index (χ3n) is 0.447. The van der Waals surface area contributed by atoms with Crippen molar-refractivity contribution in [3.8, 4) is 12.0 Å². The van der Waals surface area contributed by atoms with Gasteiger partial charge in [0.2, 0.25) is 0 Å². The minimum Gasteiger partial charge on any atom is -0.536 e. The van der Waals surface area contributed by atoms with Crippen LogP contribution in [-0.2, 0) is 14.3 Å². The highest BCUT2D eigenvalue weighted by Gasteiger charge is 1.92. The summed E-state index contributed by atoms with van der Waals surface area (Å²) in [5, 5.41) is 9.57. The van der Waals surface area contributed by atoms with Crippen molar-refractivity contribution in [1.82, 2.24) is 0 Å². The molecule has 0 saturated carbocycles. The van der Waals surface area contributed by atoms with E-state index in [1.807, 2.05) is 0 Å². The number of carbonyl (C=O) groups excluding carboxylic acids is 2. The number of rotatable bonds is 1. The molecule has 0 heterocycles. The van der Waals surface area contributed by atoms with Crippen molar-refractivity contribution in [3.63, 3.8) is 0 Å². The Morgan fingerprint density at radius 3 is 2.60 bits per heavy atom. The van der Waals surface area contributed by atoms with Crippen molar-refractivity contribution < 1.29 is 19.4 Å². The van der Waals surface area contributed by atoms with Crippen molar-refractivity contribution >= 4 is 24.6 Å². The van der Waals surface area contributed by atoms with Gasteiger partial charge in [0.25, 0.3) is 0 Å². The zero-order chi connectivity index (χ0) is 7.98. The first-order valence-electron chi connectivity index (χ1n) is 2.19. The predicted octanol–water partition coefficient (Wildman–Crippen LogP) is -1.83. The molecule has 10 heavy (non-hydrogen) atoms. The SMILES string of the molecule is O=C([O-])C#COC(=O)CS. The van der Waals surface area contributed by atoms with Crippen molar-refractivity contribution in [2.24, 2.45) is 0 Å². The Labute approximate surface area is 62.6 Å². The lowest BCUT2D eigenvalue weighted by Crippen LogP contribution is -2.19. The molecule has 0 aromatic rings. The predicted molar refractivity (Wildman–Crippen MR) is 32.7 cm³/mol. The van der Waals surface area contributed by atoms with Crippen LogP contribution in [0.2, 0.25) is 0 Å². The number of esters is 1. The Balaban J connectivity index is 3.66. The molecule has 0 atom stereocenters. The molecule has 0 aliphatic carbocycles. The van der Waals surface area contributed by atoms with Gasteiger partial charge in [-0.25, -0.2) is 0 Å². The van der Waals surface area contributed by atoms with Gasteiger partial charge < -0.3 is 14.6 Å². The van der Waals surface area contributed by atoms with E-state index in [-0.39, 0.29) is 5.75 Å². The largest absolute Gasteiger partial charge is 0.536 e. The van der Waals surface area contributed by atoms with Gasteiger partial charge in [-0.3, -0.25) is 4.79 Å². The summed E-state index contributed by atoms with van der Waals surface area (Å²) >= 11 is 3.53. The third-order valence-corrected chi connectivity index (χ3v) is 0.705. The highest BCUT2D eigenvalue weighted by molar-refractivity contribution is 7.81. The smallest absolute Gasteiger partial charge is 0.329 e. The van der Waals surface area contributed by atoms with E-state index in [1.165, 1.54) is 5.92 Å². The molecule has 0 saturated heterocycles. The zero-order valence-electron chi connectivity index (χ0n) is 4.79. The molecule has 0 amide bonds. The van der Waals surface area contributed by atoms with Crippen LogP contribution in [-0.4, -0.2) is 17.7 Å². The average Bonchev–Trinajstić information content (AvgIpc) is 1.87. The van der Waals surface area contributed by atoms with E-state index in [0.29, 0.717) is 0 Å². The highest BCUT2D eigenvalue weighted by Crippen LogP contribution is 1.77. The molecule has 0 fully saturated rings. The molecule has 0 spiro atoms. The van der Waals surface area contributed by atoms with Crippen LogP contribution >= 0.6 is 12.6 Å². The standard InChI is InChI=1S/C5H4O4S/c6-4(7)1-2-9-5(8)3-10/h10H,3H2,(H,6,7)/p-1. The summed E-state index contributed by atoms with van der Waals surface area (Å²) in [6.45, 7) is 0. The molecular weight excluding hydrogens is 156 g/mol. The van der Waals surface area contributed by atoms with E-state index in [2.05, 4.69) is 17.4 Å². The van der Waals surface area contributed by atoms with Crippen LogP contribution in [0.3, 0.4) is 0 Å². The molecule has 0 aliphatic rings. The Hall–Kier alpha value is -1.15. The number of hydrogen-bond acceptors (Lipinski definition) is 5. The average molecular weight is 159 g/mol. The van der Waals surface area contributed by atoms with Crippen molar-refractivity contribution in [1.29, 1.82) is 0 Å². The molecule has 0 N–H and O–H groups in total. The number of aliphatic carboxylic acids is 1. The number of thiol groups is 1. The molecule has 4 nitrogen and oxygen atoms in total. The summed E-state index contributed by atoms with van der Waals surface area (Å²) in [6, 6.07) is 0. The lowest BCUT2D eigenvalue weighted by atomic mass is 10.7. The number of hydrogen-bond donors (Lipinski definition) is 1. The molecule has 54 valence electrons. The van der Waals surface area contributed by atoms with E-state index in [0.717, 1.165) is 0 Å². The first-order chi connectivity index (χ1) is 4.66. The fraction of sp³-hybridized carbons (Fsp3) is 0.200. The summed E-state index contributed by atoms with van der Waals surface area (Å²) in [5.74, 6) is -0.936. The van der Waals surface area contributed by atoms with Crippen LogP contribution in [0.4, 0.5) is 0 Å². The number of ether oxygens (including phenoxy) is 1. The second-order valence-electron chi connectivity index (χ2n) is 1.15. The molecule has 0 aromatic heterocycles. The summed E-state index contributed by atoms with van der Waals surface area (Å²) in [4.78, 5) is 19.8. The van der Waals surface area contributed by atoms with Crippen LogP contribution in [0.1, 0.15) is 0 Å². The van der Waals surface area contributed by atoms with E-state index in [4.69, 9.17) is 0 Å². The fourth-order valence-corrected chi connectivity index (χ4v) is 0.221. The molecule has 0 bridgehead atoms. The summed E-state index contributed by atoms with van der Waals surface area (Å²) in [6.07, 6.45) is 1.63. The molecule has 0 rings (SSSR count). The summed E-state index contributed by atoms with van der Waals surface area (Å²) < 4.78 is 4.00. The van der Waals surface area contributed by atoms with E-state index >= 15 is 0 Å². The topological polar surface area (TPSA) is 66.4 Å². The van der Waals surface area contributed by atoms with Crippen LogP contribution < -0.4 is 5.11 Å². The molecule has 0 aromatic carbocycles. The monoisotopic (exact) mass is 159 g/mol. The second kappa shape index (κ2) is 4.70. The number of carboxylic acid groups (broad SMARTS) is 1. The maximum Gasteiger partial charge on any atom is 0.329 e. The van der Waals surface area contributed by atoms with Gasteiger partial charge in [0.1, 0.15) is 12.1 Å². The van der Waals surface area contributed by atoms with Gasteiger partial charge >= 0.3 is 5.97 Å². The highest BCUT2D eigenvalue weighted by atomic mass is 32.1. The van der Waals surface area contributed by atoms with Gasteiger partial charge in [0.05, 0.1) is 5.75 Å². The minimum absolute atomic E-state index is 0.137. The van der Waals surface area contributed by atoms with Gasteiger partial charge in [-0.1, -0.05) is 0 Å². The van der Waals surface area contributed by atoms with E-state index in [9.17, 15) is 14.7 Å². The Morgan fingerprint density at radius 2 is 2.20 bits per heavy atom. The summed E-state index contributed by atoms with van der Waals surface area (Å²) in [7, 11) is 0. The van der Waals surface area contributed by atoms with Crippen molar-refractivity contribution in [2.75, 3.05) is 5.75 Å². The molecule has 0 radical (unpaired) electrons. The summed E-state index contributed by atoms with van der Waals surface area (Å²) in [5.41, 5.74) is 0.